The number of nitrogens with zero attached hydrogens (tertiary/aromatic N) is 2. The lowest BCUT2D eigenvalue weighted by molar-refractivity contribution is 0.692. The number of allylic oxidation sites excluding steroid dienone is 2. The molecule has 1 fully saturated rings. The van der Waals surface area contributed by atoms with E-state index in [0.717, 1.165) is 25.9 Å². The molecule has 0 bridgehead atoms. The predicted molar refractivity (Wildman–Crippen MR) is 65.0 cm³/mol. The van der Waals surface area contributed by atoms with Gasteiger partial charge in [0.1, 0.15) is 0 Å². The van der Waals surface area contributed by atoms with E-state index in [9.17, 15) is 0 Å². The van der Waals surface area contributed by atoms with E-state index in [4.69, 9.17) is 0 Å². The molecule has 2 heterocycles. The van der Waals surface area contributed by atoms with E-state index in [-0.39, 0.29) is 0 Å². The molecule has 1 aromatic rings. The molecule has 3 nitrogen and oxygen atoms in total. The number of nitrogens with one attached hydrogen (secondary N) is 1. The van der Waals surface area contributed by atoms with Gasteiger partial charge in [0.05, 0.1) is 23.3 Å². The first-order valence-corrected chi connectivity index (χ1v) is 5.77. The maximum absolute atomic E-state index is 4.19. The van der Waals surface area contributed by atoms with E-state index < -0.39 is 0 Å². The maximum Gasteiger partial charge on any atom is 0.0603 e. The third-order valence-electron chi connectivity index (χ3n) is 3.03. The lowest BCUT2D eigenvalue weighted by Gasteiger charge is -2.35. The average molecular weight is 213 g/mol. The Balaban J connectivity index is 1.96. The highest BCUT2D eigenvalue weighted by Gasteiger charge is 2.21. The van der Waals surface area contributed by atoms with Crippen molar-refractivity contribution in [2.24, 2.45) is 0 Å². The molecule has 82 valence electrons. The van der Waals surface area contributed by atoms with Crippen molar-refractivity contribution in [1.29, 1.82) is 0 Å². The number of pyridine rings is 1. The third-order valence-corrected chi connectivity index (χ3v) is 3.03. The lowest BCUT2D eigenvalue weighted by Crippen LogP contribution is -2.41. The zero-order valence-electron chi connectivity index (χ0n) is 9.19. The number of piperazine rings is 1. The Morgan fingerprint density at radius 1 is 1.25 bits per heavy atom. The molecule has 0 saturated carbocycles. The molecule has 1 saturated heterocycles. The fourth-order valence-corrected chi connectivity index (χ4v) is 2.28. The number of hydrogen-bond donors (Lipinski definition) is 1. The predicted octanol–water partition coefficient (Wildman–Crippen LogP) is 2.05. The smallest absolute Gasteiger partial charge is 0.0603 e. The standard InChI is InChI=1S/C13H15N3/c1-2-6-13-12(5-1)15-8-9-16(13)11-4-3-7-14-10-11/h3-7,10,15H,1-2,8-9H2. The summed E-state index contributed by atoms with van der Waals surface area (Å²) in [5.41, 5.74) is 3.77. The van der Waals surface area contributed by atoms with E-state index in [1.807, 2.05) is 18.5 Å². The average Bonchev–Trinajstić information content (AvgIpc) is 2.39. The van der Waals surface area contributed by atoms with Crippen molar-refractivity contribution < 1.29 is 0 Å². The summed E-state index contributed by atoms with van der Waals surface area (Å²) in [6, 6.07) is 4.11. The van der Waals surface area contributed by atoms with Gasteiger partial charge in [-0.3, -0.25) is 4.98 Å². The van der Waals surface area contributed by atoms with Crippen LogP contribution in [0.1, 0.15) is 12.8 Å². The number of aromatic nitrogens is 1. The van der Waals surface area contributed by atoms with Crippen molar-refractivity contribution in [1.82, 2.24) is 10.3 Å². The summed E-state index contributed by atoms with van der Waals surface area (Å²) in [5, 5.41) is 3.45. The Bertz CT molecular complexity index is 434. The van der Waals surface area contributed by atoms with E-state index >= 15 is 0 Å². The monoisotopic (exact) mass is 213 g/mol. The Morgan fingerprint density at radius 2 is 2.19 bits per heavy atom. The number of fused-ring (bicyclic) bond motifs is 1. The fourth-order valence-electron chi connectivity index (χ4n) is 2.28. The molecule has 0 unspecified atom stereocenters. The molecule has 1 aliphatic carbocycles. The number of hydrogen-bond acceptors (Lipinski definition) is 3. The normalized spacial score (nSPS) is 19.4. The van der Waals surface area contributed by atoms with Crippen molar-refractivity contribution in [2.75, 3.05) is 18.0 Å². The molecule has 3 rings (SSSR count). The van der Waals surface area contributed by atoms with Crippen molar-refractivity contribution in [3.63, 3.8) is 0 Å². The molecular weight excluding hydrogens is 198 g/mol. The molecule has 0 aromatic carbocycles. The highest BCUT2D eigenvalue weighted by Crippen LogP contribution is 2.27. The van der Waals surface area contributed by atoms with Gasteiger partial charge in [0, 0.05) is 19.3 Å². The van der Waals surface area contributed by atoms with Crippen LogP contribution in [0.5, 0.6) is 0 Å². The Morgan fingerprint density at radius 3 is 3.06 bits per heavy atom. The van der Waals surface area contributed by atoms with E-state index in [1.54, 1.807) is 0 Å². The molecular formula is C13H15N3. The van der Waals surface area contributed by atoms with Crippen molar-refractivity contribution in [2.45, 2.75) is 12.8 Å². The molecule has 0 radical (unpaired) electrons. The van der Waals surface area contributed by atoms with Gasteiger partial charge in [-0.1, -0.05) is 12.2 Å². The van der Waals surface area contributed by atoms with Crippen LogP contribution in [0.3, 0.4) is 0 Å². The van der Waals surface area contributed by atoms with Crippen LogP contribution >= 0.6 is 0 Å². The van der Waals surface area contributed by atoms with Gasteiger partial charge in [0.15, 0.2) is 0 Å². The van der Waals surface area contributed by atoms with Gasteiger partial charge in [-0.2, -0.15) is 0 Å². The van der Waals surface area contributed by atoms with Crippen LogP contribution in [-0.4, -0.2) is 18.1 Å². The molecule has 16 heavy (non-hydrogen) atoms. The molecule has 1 N–H and O–H groups in total. The van der Waals surface area contributed by atoms with E-state index in [0.29, 0.717) is 0 Å². The second kappa shape index (κ2) is 4.00. The quantitative estimate of drug-likeness (QED) is 0.774. The van der Waals surface area contributed by atoms with Gasteiger partial charge in [0.25, 0.3) is 0 Å². The maximum atomic E-state index is 4.19. The third kappa shape index (κ3) is 1.58. The van der Waals surface area contributed by atoms with Crippen molar-refractivity contribution >= 4 is 5.69 Å². The van der Waals surface area contributed by atoms with Crippen molar-refractivity contribution in [3.8, 4) is 0 Å². The minimum atomic E-state index is 0.998. The highest BCUT2D eigenvalue weighted by molar-refractivity contribution is 5.57. The molecule has 1 aliphatic heterocycles. The lowest BCUT2D eigenvalue weighted by atomic mass is 10.1. The van der Waals surface area contributed by atoms with Gasteiger partial charge in [-0.25, -0.2) is 0 Å². The molecule has 3 heteroatoms. The largest absolute Gasteiger partial charge is 0.382 e. The SMILES string of the molecule is C1=C2NCCN(c3cccnc3)C2=CCC1. The van der Waals surface area contributed by atoms with Crippen LogP contribution in [0.2, 0.25) is 0 Å². The highest BCUT2D eigenvalue weighted by atomic mass is 15.2. The summed E-state index contributed by atoms with van der Waals surface area (Å²) in [4.78, 5) is 6.53. The Labute approximate surface area is 95.5 Å². The van der Waals surface area contributed by atoms with Crippen LogP contribution in [0.15, 0.2) is 48.1 Å². The van der Waals surface area contributed by atoms with Crippen molar-refractivity contribution in [3.05, 3.63) is 48.1 Å². The van der Waals surface area contributed by atoms with E-state index in [2.05, 4.69) is 33.4 Å². The van der Waals surface area contributed by atoms with Gasteiger partial charge >= 0.3 is 0 Å². The summed E-state index contributed by atoms with van der Waals surface area (Å²) in [7, 11) is 0. The second-order valence-corrected chi connectivity index (χ2v) is 4.07. The van der Waals surface area contributed by atoms with Gasteiger partial charge in [-0.15, -0.1) is 0 Å². The van der Waals surface area contributed by atoms with Gasteiger partial charge < -0.3 is 10.2 Å². The number of rotatable bonds is 1. The fraction of sp³-hybridized carbons (Fsp3) is 0.308. The zero-order valence-corrected chi connectivity index (χ0v) is 9.19. The van der Waals surface area contributed by atoms with Crippen LogP contribution in [-0.2, 0) is 0 Å². The molecule has 2 aliphatic rings. The van der Waals surface area contributed by atoms with Crippen LogP contribution in [0.25, 0.3) is 0 Å². The first-order valence-electron chi connectivity index (χ1n) is 5.77. The zero-order chi connectivity index (χ0) is 10.8. The van der Waals surface area contributed by atoms with Crippen LogP contribution < -0.4 is 10.2 Å². The minimum Gasteiger partial charge on any atom is -0.382 e. The molecule has 0 spiro atoms. The Hall–Kier alpha value is -1.77. The first kappa shape index (κ1) is 9.46. The second-order valence-electron chi connectivity index (χ2n) is 4.07. The summed E-state index contributed by atoms with van der Waals surface area (Å²) >= 11 is 0. The van der Waals surface area contributed by atoms with E-state index in [1.165, 1.54) is 17.1 Å². The first-order chi connectivity index (χ1) is 7.95. The van der Waals surface area contributed by atoms with Crippen LogP contribution in [0, 0.1) is 0 Å². The molecule has 0 amide bonds. The summed E-state index contributed by atoms with van der Waals surface area (Å²) in [6.45, 7) is 2.01. The Kier molecular flexibility index (Phi) is 2.37. The number of anilines is 1. The van der Waals surface area contributed by atoms with Gasteiger partial charge in [0.2, 0.25) is 0 Å². The summed E-state index contributed by atoms with van der Waals surface area (Å²) in [6.07, 6.45) is 10.6. The summed E-state index contributed by atoms with van der Waals surface area (Å²) < 4.78 is 0. The summed E-state index contributed by atoms with van der Waals surface area (Å²) in [5.74, 6) is 0. The molecule has 0 atom stereocenters. The van der Waals surface area contributed by atoms with Crippen LogP contribution in [0.4, 0.5) is 5.69 Å². The molecule has 1 aromatic heterocycles. The van der Waals surface area contributed by atoms with Gasteiger partial charge in [-0.05, 0) is 25.0 Å². The minimum absolute atomic E-state index is 0.998. The topological polar surface area (TPSA) is 28.2 Å².